The van der Waals surface area contributed by atoms with E-state index in [0.29, 0.717) is 49.4 Å². The third-order valence-electron chi connectivity index (χ3n) is 7.79. The number of fused-ring (bicyclic) bond motifs is 1. The molecular weight excluding hydrogens is 534 g/mol. The van der Waals surface area contributed by atoms with Gasteiger partial charge in [-0.3, -0.25) is 4.79 Å². The van der Waals surface area contributed by atoms with Crippen molar-refractivity contribution in [2.24, 2.45) is 5.41 Å². The van der Waals surface area contributed by atoms with E-state index >= 15 is 0 Å². The summed E-state index contributed by atoms with van der Waals surface area (Å²) in [6.07, 6.45) is 3.08. The lowest BCUT2D eigenvalue weighted by atomic mass is 9.69. The van der Waals surface area contributed by atoms with Crippen LogP contribution in [0.4, 0.5) is 14.5 Å². The molecule has 10 nitrogen and oxygen atoms in total. The van der Waals surface area contributed by atoms with Gasteiger partial charge in [0.15, 0.2) is 9.90 Å². The molecule has 2 saturated carbocycles. The van der Waals surface area contributed by atoms with Gasteiger partial charge in [0.05, 0.1) is 34.8 Å². The zero-order chi connectivity index (χ0) is 26.7. The average molecular weight is 561 g/mol. The first-order valence-electron chi connectivity index (χ1n) is 12.5. The summed E-state index contributed by atoms with van der Waals surface area (Å²) in [6, 6.07) is 5.70. The summed E-state index contributed by atoms with van der Waals surface area (Å²) >= 11 is -0.947. The lowest BCUT2D eigenvalue weighted by Gasteiger charge is -2.44. The maximum absolute atomic E-state index is 13.3. The summed E-state index contributed by atoms with van der Waals surface area (Å²) in [4.78, 5) is 17.5. The van der Waals surface area contributed by atoms with Crippen molar-refractivity contribution in [3.63, 3.8) is 0 Å². The minimum atomic E-state index is -2.74. The Morgan fingerprint density at radius 1 is 1.21 bits per heavy atom. The SMILES string of the molecule is CC1(C(=O)N2CCN(c3cc([S+]([O-])NC4(C#N)CC4)cc4c3cnn4-c3nnc(C(F)F)s3)CC2)CCC1. The number of alkyl halides is 2. The maximum Gasteiger partial charge on any atom is 0.291 e. The predicted molar refractivity (Wildman–Crippen MR) is 137 cm³/mol. The molecule has 1 unspecified atom stereocenters. The largest absolute Gasteiger partial charge is 0.593 e. The zero-order valence-corrected chi connectivity index (χ0v) is 22.3. The number of halogens is 2. The second-order valence-corrected chi connectivity index (χ2v) is 12.6. The number of piperazine rings is 1. The molecule has 1 amide bonds. The topological polar surface area (TPSA) is 126 Å². The Labute approximate surface area is 224 Å². The first kappa shape index (κ1) is 25.4. The number of carbonyl (C=O) groups excluding carboxylic acids is 1. The number of hydrogen-bond acceptors (Lipinski definition) is 9. The van der Waals surface area contributed by atoms with Crippen molar-refractivity contribution in [1.82, 2.24) is 29.6 Å². The molecule has 0 radical (unpaired) electrons. The number of anilines is 1. The molecule has 200 valence electrons. The Morgan fingerprint density at radius 2 is 1.95 bits per heavy atom. The molecule has 3 aromatic rings. The van der Waals surface area contributed by atoms with Crippen LogP contribution >= 0.6 is 11.3 Å². The van der Waals surface area contributed by atoms with E-state index in [1.807, 2.05) is 17.9 Å². The standard InChI is InChI=1S/C24H26F2N8O2S2/c1-23(3-2-4-23)21(35)33-9-7-32(8-10-33)17-11-15(38(36)31-24(14-27)5-6-24)12-18-16(17)13-28-34(18)22-30-29-20(37-22)19(25)26/h11-13,19,31H,2-10H2,1H3. The summed E-state index contributed by atoms with van der Waals surface area (Å²) < 4.78 is 44.0. The molecule has 6 rings (SSSR count). The molecule has 1 aromatic carbocycles. The van der Waals surface area contributed by atoms with Gasteiger partial charge in [0.25, 0.3) is 6.43 Å². The molecule has 1 atom stereocenters. The molecule has 14 heteroatoms. The molecule has 3 aliphatic rings. The summed E-state index contributed by atoms with van der Waals surface area (Å²) in [5, 5.41) is 21.8. The Bertz CT molecular complexity index is 1420. The van der Waals surface area contributed by atoms with Crippen molar-refractivity contribution >= 4 is 45.2 Å². The van der Waals surface area contributed by atoms with Gasteiger partial charge < -0.3 is 14.4 Å². The van der Waals surface area contributed by atoms with Crippen LogP contribution in [0.3, 0.4) is 0 Å². The van der Waals surface area contributed by atoms with E-state index < -0.39 is 28.3 Å². The van der Waals surface area contributed by atoms with Crippen molar-refractivity contribution in [2.75, 3.05) is 31.1 Å². The number of carbonyl (C=O) groups is 1. The molecule has 2 aliphatic carbocycles. The summed E-state index contributed by atoms with van der Waals surface area (Å²) in [5.41, 5.74) is 0.278. The highest BCUT2D eigenvalue weighted by Gasteiger charge is 2.48. The number of nitriles is 1. The summed E-state index contributed by atoms with van der Waals surface area (Å²) in [6.45, 7) is 4.35. The van der Waals surface area contributed by atoms with Crippen molar-refractivity contribution in [1.29, 1.82) is 5.26 Å². The molecule has 1 saturated heterocycles. The molecule has 0 spiro atoms. The Hall–Kier alpha value is -2.86. The number of benzene rings is 1. The lowest BCUT2D eigenvalue weighted by molar-refractivity contribution is -0.146. The first-order valence-corrected chi connectivity index (χ1v) is 14.5. The minimum absolute atomic E-state index is 0.178. The van der Waals surface area contributed by atoms with E-state index in [-0.39, 0.29) is 16.5 Å². The van der Waals surface area contributed by atoms with E-state index in [9.17, 15) is 23.4 Å². The highest BCUT2D eigenvalue weighted by atomic mass is 32.2. The van der Waals surface area contributed by atoms with Crippen LogP contribution in [0.25, 0.3) is 16.0 Å². The number of nitrogens with one attached hydrogen (secondary N) is 1. The highest BCUT2D eigenvalue weighted by Crippen LogP contribution is 2.42. The second-order valence-electron chi connectivity index (χ2n) is 10.4. The molecule has 38 heavy (non-hydrogen) atoms. The van der Waals surface area contributed by atoms with E-state index in [1.54, 1.807) is 12.3 Å². The molecular formula is C24H26F2N8O2S2. The fraction of sp³-hybridized carbons (Fsp3) is 0.542. The van der Waals surface area contributed by atoms with Gasteiger partial charge in [-0.05, 0) is 25.7 Å². The van der Waals surface area contributed by atoms with Gasteiger partial charge in [0.2, 0.25) is 11.0 Å². The second kappa shape index (κ2) is 9.41. The van der Waals surface area contributed by atoms with E-state index in [2.05, 4.69) is 31.0 Å². The van der Waals surface area contributed by atoms with E-state index in [4.69, 9.17) is 0 Å². The normalized spacial score (nSPS) is 20.8. The summed E-state index contributed by atoms with van der Waals surface area (Å²) in [7, 11) is 0. The fourth-order valence-corrected chi connectivity index (χ4v) is 6.89. The van der Waals surface area contributed by atoms with Gasteiger partial charge in [-0.1, -0.05) is 24.7 Å². The lowest BCUT2D eigenvalue weighted by Crippen LogP contribution is -2.54. The van der Waals surface area contributed by atoms with E-state index in [1.165, 1.54) is 4.68 Å². The highest BCUT2D eigenvalue weighted by molar-refractivity contribution is 7.89. The van der Waals surface area contributed by atoms with Crippen molar-refractivity contribution in [3.05, 3.63) is 23.3 Å². The van der Waals surface area contributed by atoms with Gasteiger partial charge in [0, 0.05) is 49.1 Å². The smallest absolute Gasteiger partial charge is 0.291 e. The Morgan fingerprint density at radius 3 is 2.53 bits per heavy atom. The number of nitrogens with zero attached hydrogens (tertiary/aromatic N) is 7. The third-order valence-corrected chi connectivity index (χ3v) is 9.93. The molecule has 1 aliphatic heterocycles. The first-order chi connectivity index (χ1) is 18.2. The Balaban J connectivity index is 1.33. The molecule has 2 aromatic heterocycles. The minimum Gasteiger partial charge on any atom is -0.593 e. The average Bonchev–Trinajstić information content (AvgIpc) is 3.29. The molecule has 3 fully saturated rings. The van der Waals surface area contributed by atoms with Crippen LogP contribution in [0.15, 0.2) is 23.2 Å². The van der Waals surface area contributed by atoms with Crippen molar-refractivity contribution in [3.8, 4) is 11.2 Å². The monoisotopic (exact) mass is 560 g/mol. The van der Waals surface area contributed by atoms with Crippen LogP contribution in [-0.2, 0) is 16.2 Å². The van der Waals surface area contributed by atoms with Crippen LogP contribution < -0.4 is 9.62 Å². The number of hydrogen-bond donors (Lipinski definition) is 1. The molecule has 0 bridgehead atoms. The van der Waals surface area contributed by atoms with Crippen molar-refractivity contribution < 1.29 is 18.1 Å². The third kappa shape index (κ3) is 4.41. The maximum atomic E-state index is 13.3. The van der Waals surface area contributed by atoms with Gasteiger partial charge >= 0.3 is 0 Å². The van der Waals surface area contributed by atoms with Crippen LogP contribution in [-0.4, -0.2) is 67.1 Å². The van der Waals surface area contributed by atoms with Gasteiger partial charge in [0.1, 0.15) is 5.54 Å². The van der Waals surface area contributed by atoms with Crippen LogP contribution in [0.5, 0.6) is 0 Å². The number of aromatic nitrogens is 4. The van der Waals surface area contributed by atoms with Gasteiger partial charge in [-0.2, -0.15) is 10.4 Å². The van der Waals surface area contributed by atoms with E-state index in [0.717, 1.165) is 41.7 Å². The Kier molecular flexibility index (Phi) is 6.29. The van der Waals surface area contributed by atoms with Crippen LogP contribution in [0, 0.1) is 16.7 Å². The van der Waals surface area contributed by atoms with Crippen LogP contribution in [0.2, 0.25) is 0 Å². The molecule has 3 heterocycles. The van der Waals surface area contributed by atoms with Crippen LogP contribution in [0.1, 0.15) is 50.5 Å². The quantitative estimate of drug-likeness (QED) is 0.436. The summed E-state index contributed by atoms with van der Waals surface area (Å²) in [5.74, 6) is 0.206. The predicted octanol–water partition coefficient (Wildman–Crippen LogP) is 3.32. The van der Waals surface area contributed by atoms with Gasteiger partial charge in [-0.15, -0.1) is 14.9 Å². The zero-order valence-electron chi connectivity index (χ0n) is 20.7. The van der Waals surface area contributed by atoms with Crippen molar-refractivity contribution in [2.45, 2.75) is 55.9 Å². The van der Waals surface area contributed by atoms with Gasteiger partial charge in [-0.25, -0.2) is 13.5 Å². The molecule has 1 N–H and O–H groups in total. The number of rotatable bonds is 7. The fourth-order valence-electron chi connectivity index (χ4n) is 5.06. The number of amides is 1.